The molecule has 0 saturated heterocycles. The number of nitrogens with zero attached hydrogens (tertiary/aromatic N) is 1. The van der Waals surface area contributed by atoms with Gasteiger partial charge in [0.05, 0.1) is 29.8 Å². The van der Waals surface area contributed by atoms with Crippen LogP contribution in [0.1, 0.15) is 69.7 Å². The van der Waals surface area contributed by atoms with E-state index in [9.17, 15) is 34.8 Å². The molecule has 0 saturated carbocycles. The van der Waals surface area contributed by atoms with E-state index in [1.54, 1.807) is 6.07 Å². The number of pyridine rings is 1. The monoisotopic (exact) mass is 569 g/mol. The maximum atomic E-state index is 12.4. The summed E-state index contributed by atoms with van der Waals surface area (Å²) in [5.74, 6) is -2.54. The zero-order valence-corrected chi connectivity index (χ0v) is 25.7. The van der Waals surface area contributed by atoms with Gasteiger partial charge in [-0.25, -0.2) is 4.79 Å². The van der Waals surface area contributed by atoms with Gasteiger partial charge in [-0.3, -0.25) is 9.78 Å². The number of carboxylic acid groups (broad SMARTS) is 2. The normalized spacial score (nSPS) is 25.4. The van der Waals surface area contributed by atoms with Crippen LogP contribution in [0.3, 0.4) is 0 Å². The summed E-state index contributed by atoms with van der Waals surface area (Å²) in [6.45, 7) is 5.83. The molecule has 3 rings (SSSR count). The van der Waals surface area contributed by atoms with Gasteiger partial charge in [0, 0.05) is 37.1 Å². The number of aromatic nitrogens is 1. The molecule has 0 aliphatic heterocycles. The molecule has 2 aliphatic rings. The summed E-state index contributed by atoms with van der Waals surface area (Å²) in [7, 11) is 0. The second-order valence-corrected chi connectivity index (χ2v) is 10.4. The van der Waals surface area contributed by atoms with Crippen LogP contribution in [0.2, 0.25) is 0 Å². The van der Waals surface area contributed by atoms with E-state index in [1.165, 1.54) is 18.5 Å². The first kappa shape index (κ1) is 35.9. The summed E-state index contributed by atoms with van der Waals surface area (Å²) in [6, 6.07) is 3.08. The van der Waals surface area contributed by atoms with Crippen molar-refractivity contribution in [1.82, 2.24) is 4.98 Å². The molecule has 8 atom stereocenters. The first-order chi connectivity index (χ1) is 18.4. The number of esters is 1. The third-order valence-electron chi connectivity index (χ3n) is 7.34. The van der Waals surface area contributed by atoms with Gasteiger partial charge in [-0.1, -0.05) is 39.0 Å². The minimum atomic E-state index is -1.35. The molecule has 0 radical (unpaired) electrons. The van der Waals surface area contributed by atoms with E-state index < -0.39 is 42.8 Å². The zero-order chi connectivity index (χ0) is 29.1. The van der Waals surface area contributed by atoms with Crippen LogP contribution in [0.25, 0.3) is 0 Å². The average molecular weight is 570 g/mol. The summed E-state index contributed by atoms with van der Waals surface area (Å²) in [4.78, 5) is 36.8. The van der Waals surface area contributed by atoms with E-state index in [2.05, 4.69) is 18.0 Å². The van der Waals surface area contributed by atoms with Gasteiger partial charge < -0.3 is 35.1 Å². The quantitative estimate of drug-likeness (QED) is 0.189. The van der Waals surface area contributed by atoms with Crippen LogP contribution in [0, 0.1) is 23.7 Å². The van der Waals surface area contributed by atoms with Gasteiger partial charge in [0.15, 0.2) is 0 Å². The Labute approximate surface area is 257 Å². The number of rotatable bonds is 11. The third kappa shape index (κ3) is 11.4. The molecule has 10 nitrogen and oxygen atoms in total. The van der Waals surface area contributed by atoms with Gasteiger partial charge in [0.1, 0.15) is 6.10 Å². The van der Waals surface area contributed by atoms with Crippen LogP contribution in [-0.2, 0) is 14.3 Å². The van der Waals surface area contributed by atoms with Crippen LogP contribution in [0.5, 0.6) is 0 Å². The standard InChI is InChI=1S/C23H36O7.C6H5NO2.Na/c1-4-13(2)23(29)30-20-11-17(25)9-15-6-5-14(3)19(22(15)20)8-7-16(24)10-18(26)12-21(27)28;8-6(9)5-2-1-3-7-4-5;/h5-6,9,13-14,16-20,22,24-26H,4,7-8,10-12H2,1-3H3,(H,27,28);1-4H,(H,8,9);/q;;+1/p-1/t13-,14-,16+,17+,18+,19-,20-,22-;;/m0../s1. The number of aromatic carboxylic acids is 1. The van der Waals surface area contributed by atoms with Gasteiger partial charge in [-0.2, -0.15) is 0 Å². The number of ether oxygens (including phenoxy) is 1. The van der Waals surface area contributed by atoms with Crippen molar-refractivity contribution < 1.29 is 74.2 Å². The van der Waals surface area contributed by atoms with Gasteiger partial charge in [-0.05, 0) is 55.2 Å². The molecular weight excluding hydrogens is 529 g/mol. The number of carboxylic acids is 2. The number of aliphatic hydroxyl groups is 3. The molecule has 0 unspecified atom stereocenters. The van der Waals surface area contributed by atoms with Crippen molar-refractivity contribution in [2.45, 2.75) is 83.7 Å². The van der Waals surface area contributed by atoms with Crippen LogP contribution in [0.4, 0.5) is 0 Å². The predicted octanol–water partition coefficient (Wildman–Crippen LogP) is -1.11. The largest absolute Gasteiger partial charge is 1.00 e. The molecule has 0 spiro atoms. The Hall–Kier alpha value is -2.08. The van der Waals surface area contributed by atoms with Crippen molar-refractivity contribution in [2.24, 2.45) is 23.7 Å². The minimum absolute atomic E-state index is 0. The van der Waals surface area contributed by atoms with Gasteiger partial charge in [0.25, 0.3) is 0 Å². The van der Waals surface area contributed by atoms with Gasteiger partial charge in [0.2, 0.25) is 0 Å². The van der Waals surface area contributed by atoms with E-state index in [1.807, 2.05) is 26.0 Å². The van der Waals surface area contributed by atoms with Crippen molar-refractivity contribution in [1.29, 1.82) is 0 Å². The second-order valence-electron chi connectivity index (χ2n) is 10.4. The van der Waals surface area contributed by atoms with Gasteiger partial charge >= 0.3 is 41.5 Å². The Morgan fingerprint density at radius 3 is 2.48 bits per heavy atom. The van der Waals surface area contributed by atoms with Gasteiger partial charge in [-0.15, -0.1) is 0 Å². The molecule has 0 aromatic carbocycles. The number of allylic oxidation sites excluding steroid dienone is 2. The summed E-state index contributed by atoms with van der Waals surface area (Å²) in [6.07, 6.45) is 7.15. The Kier molecular flexibility index (Phi) is 15.9. The van der Waals surface area contributed by atoms with Crippen molar-refractivity contribution >= 4 is 17.9 Å². The first-order valence-corrected chi connectivity index (χ1v) is 13.4. The Morgan fingerprint density at radius 1 is 1.23 bits per heavy atom. The van der Waals surface area contributed by atoms with Crippen molar-refractivity contribution in [3.05, 3.63) is 53.9 Å². The minimum Gasteiger partial charge on any atom is -0.550 e. The maximum absolute atomic E-state index is 12.4. The van der Waals surface area contributed by atoms with Crippen LogP contribution in [-0.4, -0.2) is 67.7 Å². The maximum Gasteiger partial charge on any atom is 1.00 e. The number of fused-ring (bicyclic) bond motifs is 1. The molecule has 1 aromatic rings. The molecule has 4 N–H and O–H groups in total. The summed E-state index contributed by atoms with van der Waals surface area (Å²) < 4.78 is 5.83. The Morgan fingerprint density at radius 2 is 1.93 bits per heavy atom. The molecular formula is C29H40NNaO9. The summed E-state index contributed by atoms with van der Waals surface area (Å²) in [5, 5.41) is 49.2. The van der Waals surface area contributed by atoms with Crippen LogP contribution < -0.4 is 34.7 Å². The average Bonchev–Trinajstić information content (AvgIpc) is 2.88. The zero-order valence-electron chi connectivity index (χ0n) is 23.7. The van der Waals surface area contributed by atoms with Crippen molar-refractivity contribution in [2.75, 3.05) is 0 Å². The number of carbonyl (C=O) groups excluding carboxylic acids is 2. The SMILES string of the molecule is CC[C@H](C)C(=O)O[C@H]1C[C@H](O)C=C2C=C[C@H](C)[C@H](CC[C@@H](O)C[C@@H](O)CC(=O)[O-])[C@H]21.O=C(O)c1cccnc1.[Na+]. The molecule has 0 bridgehead atoms. The number of aliphatic carboxylic acids is 1. The van der Waals surface area contributed by atoms with E-state index in [4.69, 9.17) is 9.84 Å². The number of aliphatic hydroxyl groups excluding tert-OH is 3. The second kappa shape index (κ2) is 17.7. The van der Waals surface area contributed by atoms with Crippen molar-refractivity contribution in [3.8, 4) is 0 Å². The fourth-order valence-electron chi connectivity index (χ4n) is 5.00. The number of hydrogen-bond acceptors (Lipinski definition) is 9. The molecule has 2 aliphatic carbocycles. The molecule has 40 heavy (non-hydrogen) atoms. The Balaban J connectivity index is 0.000000678. The van der Waals surface area contributed by atoms with Crippen molar-refractivity contribution in [3.63, 3.8) is 0 Å². The summed E-state index contributed by atoms with van der Waals surface area (Å²) in [5.41, 5.74) is 1.17. The molecule has 0 amide bonds. The number of carbonyl (C=O) groups is 3. The molecule has 1 heterocycles. The molecule has 216 valence electrons. The van der Waals surface area contributed by atoms with E-state index in [0.717, 1.165) is 5.57 Å². The van der Waals surface area contributed by atoms with Crippen LogP contribution in [0.15, 0.2) is 48.3 Å². The summed E-state index contributed by atoms with van der Waals surface area (Å²) >= 11 is 0. The fraction of sp³-hybridized carbons (Fsp3) is 0.586. The van der Waals surface area contributed by atoms with Crippen LogP contribution >= 0.6 is 0 Å². The molecule has 11 heteroatoms. The third-order valence-corrected chi connectivity index (χ3v) is 7.34. The molecule has 0 fully saturated rings. The number of hydrogen-bond donors (Lipinski definition) is 4. The van der Waals surface area contributed by atoms with E-state index >= 15 is 0 Å². The molecule has 1 aromatic heterocycles. The smallest absolute Gasteiger partial charge is 0.550 e. The first-order valence-electron chi connectivity index (χ1n) is 13.4. The predicted molar refractivity (Wildman–Crippen MR) is 140 cm³/mol. The van der Waals surface area contributed by atoms with E-state index in [0.29, 0.717) is 25.7 Å². The topological polar surface area (TPSA) is 177 Å². The fourth-order valence-corrected chi connectivity index (χ4v) is 5.00. The Bertz CT molecular complexity index is 1020. The van der Waals surface area contributed by atoms with E-state index in [-0.39, 0.29) is 71.2 Å².